The molecule has 0 aromatic rings. The van der Waals surface area contributed by atoms with E-state index in [1.165, 1.54) is 0 Å². The first-order chi connectivity index (χ1) is 6.20. The summed E-state index contributed by atoms with van der Waals surface area (Å²) in [4.78, 5) is 11.0. The Labute approximate surface area is 75.9 Å². The zero-order valence-corrected chi connectivity index (χ0v) is 7.35. The Morgan fingerprint density at radius 2 is 2.08 bits per heavy atom. The molecular weight excluding hydrogens is 178 g/mol. The fourth-order valence-corrected chi connectivity index (χ4v) is 0.975. The highest BCUT2D eigenvalue weighted by molar-refractivity contribution is 5.80. The van der Waals surface area contributed by atoms with Crippen LogP contribution in [0.4, 0.5) is 8.78 Å². The molecule has 1 fully saturated rings. The summed E-state index contributed by atoms with van der Waals surface area (Å²) in [5, 5.41) is 5.21. The van der Waals surface area contributed by atoms with E-state index in [-0.39, 0.29) is 18.4 Å². The van der Waals surface area contributed by atoms with E-state index in [9.17, 15) is 13.6 Å². The minimum Gasteiger partial charge on any atom is -0.355 e. The average Bonchev–Trinajstić information content (AvgIpc) is 2.85. The van der Waals surface area contributed by atoms with Gasteiger partial charge in [-0.15, -0.1) is 0 Å². The summed E-state index contributed by atoms with van der Waals surface area (Å²) in [6.07, 6.45) is -0.383. The molecular formula is C8H14F2N2O. The highest BCUT2D eigenvalue weighted by Crippen LogP contribution is 2.28. The highest BCUT2D eigenvalue weighted by atomic mass is 19.3. The summed E-state index contributed by atoms with van der Waals surface area (Å²) in [6.45, 7) is 0.532. The lowest BCUT2D eigenvalue weighted by atomic mass is 10.4. The topological polar surface area (TPSA) is 41.1 Å². The smallest absolute Gasteiger partial charge is 0.250 e. The minimum atomic E-state index is -2.32. The lowest BCUT2D eigenvalue weighted by Gasteiger charge is -2.05. The molecule has 1 saturated carbocycles. The maximum absolute atomic E-state index is 11.6. The monoisotopic (exact) mass is 192 g/mol. The molecule has 0 atom stereocenters. The van der Waals surface area contributed by atoms with E-state index in [1.54, 1.807) is 0 Å². The molecule has 0 radical (unpaired) electrons. The second-order valence-corrected chi connectivity index (χ2v) is 3.16. The molecule has 0 spiro atoms. The third kappa shape index (κ3) is 4.77. The van der Waals surface area contributed by atoms with Gasteiger partial charge in [-0.3, -0.25) is 4.79 Å². The van der Waals surface area contributed by atoms with Crippen LogP contribution in [0.1, 0.15) is 12.8 Å². The molecule has 76 valence electrons. The van der Waals surface area contributed by atoms with Crippen molar-refractivity contribution in [2.45, 2.75) is 19.3 Å². The first-order valence-corrected chi connectivity index (χ1v) is 4.46. The van der Waals surface area contributed by atoms with Crippen LogP contribution in [0.3, 0.4) is 0 Å². The molecule has 1 rings (SSSR count). The van der Waals surface area contributed by atoms with E-state index in [1.807, 2.05) is 0 Å². The third-order valence-corrected chi connectivity index (χ3v) is 1.85. The fraction of sp³-hybridized carbons (Fsp3) is 0.875. The molecule has 13 heavy (non-hydrogen) atoms. The van der Waals surface area contributed by atoms with Crippen molar-refractivity contribution >= 4 is 5.91 Å². The van der Waals surface area contributed by atoms with Gasteiger partial charge >= 0.3 is 0 Å². The van der Waals surface area contributed by atoms with Crippen LogP contribution in [0, 0.1) is 5.92 Å². The van der Waals surface area contributed by atoms with Gasteiger partial charge in [0.05, 0.1) is 6.54 Å². The van der Waals surface area contributed by atoms with Crippen LogP contribution in [0.2, 0.25) is 0 Å². The molecule has 0 aromatic heterocycles. The van der Waals surface area contributed by atoms with Crippen LogP contribution in [0.15, 0.2) is 0 Å². The summed E-state index contributed by atoms with van der Waals surface area (Å²) in [7, 11) is 0. The van der Waals surface area contributed by atoms with Crippen molar-refractivity contribution in [1.82, 2.24) is 10.6 Å². The quantitative estimate of drug-likeness (QED) is 0.597. The van der Waals surface area contributed by atoms with Crippen molar-refractivity contribution in [3.05, 3.63) is 0 Å². The number of hydrogen-bond acceptors (Lipinski definition) is 2. The number of halogens is 2. The second-order valence-electron chi connectivity index (χ2n) is 3.16. The van der Waals surface area contributed by atoms with Crippen molar-refractivity contribution in [1.29, 1.82) is 0 Å². The maximum Gasteiger partial charge on any atom is 0.250 e. The van der Waals surface area contributed by atoms with Gasteiger partial charge in [0, 0.05) is 19.0 Å². The summed E-state index contributed by atoms with van der Waals surface area (Å²) in [6, 6.07) is 0. The molecule has 0 aliphatic heterocycles. The third-order valence-electron chi connectivity index (χ3n) is 1.85. The molecule has 0 aromatic carbocycles. The molecule has 1 aliphatic carbocycles. The van der Waals surface area contributed by atoms with Gasteiger partial charge in [0.25, 0.3) is 6.43 Å². The van der Waals surface area contributed by atoms with Gasteiger partial charge < -0.3 is 10.6 Å². The van der Waals surface area contributed by atoms with Gasteiger partial charge in [0.15, 0.2) is 0 Å². The van der Waals surface area contributed by atoms with E-state index in [4.69, 9.17) is 0 Å². The van der Waals surface area contributed by atoms with Gasteiger partial charge in [0.1, 0.15) is 0 Å². The number of carbonyl (C=O) groups is 1. The predicted molar refractivity (Wildman–Crippen MR) is 44.6 cm³/mol. The summed E-state index contributed by atoms with van der Waals surface area (Å²) >= 11 is 0. The molecule has 3 nitrogen and oxygen atoms in total. The van der Waals surface area contributed by atoms with Gasteiger partial charge in [-0.05, 0) is 12.8 Å². The largest absolute Gasteiger partial charge is 0.355 e. The van der Waals surface area contributed by atoms with Crippen LogP contribution in [-0.4, -0.2) is 32.0 Å². The Bertz CT molecular complexity index is 172. The molecule has 0 saturated heterocycles. The normalized spacial score (nSPS) is 16.2. The van der Waals surface area contributed by atoms with Crippen LogP contribution < -0.4 is 10.6 Å². The number of hydrogen-bond donors (Lipinski definition) is 2. The lowest BCUT2D eigenvalue weighted by Crippen LogP contribution is -2.34. The lowest BCUT2D eigenvalue weighted by molar-refractivity contribution is -0.122. The Morgan fingerprint density at radius 1 is 1.38 bits per heavy atom. The number of carbonyl (C=O) groups excluding carboxylic acids is 1. The van der Waals surface area contributed by atoms with Crippen molar-refractivity contribution in [3.63, 3.8) is 0 Å². The fourth-order valence-electron chi connectivity index (χ4n) is 0.975. The second kappa shape index (κ2) is 5.11. The standard InChI is InChI=1S/C8H14F2N2O/c9-7(10)5-11-3-4-12-8(13)6-1-2-6/h6-7,11H,1-5H2,(H,12,13). The molecule has 2 N–H and O–H groups in total. The highest BCUT2D eigenvalue weighted by Gasteiger charge is 2.28. The molecule has 1 aliphatic rings. The van der Waals surface area contributed by atoms with E-state index in [0.29, 0.717) is 13.1 Å². The van der Waals surface area contributed by atoms with E-state index in [0.717, 1.165) is 12.8 Å². The van der Waals surface area contributed by atoms with E-state index < -0.39 is 6.43 Å². The zero-order chi connectivity index (χ0) is 9.68. The van der Waals surface area contributed by atoms with Crippen LogP contribution in [0.5, 0.6) is 0 Å². The number of alkyl halides is 2. The van der Waals surface area contributed by atoms with Gasteiger partial charge in [-0.25, -0.2) is 8.78 Å². The van der Waals surface area contributed by atoms with Gasteiger partial charge in [0.2, 0.25) is 5.91 Å². The van der Waals surface area contributed by atoms with Crippen molar-refractivity contribution in [3.8, 4) is 0 Å². The number of nitrogens with one attached hydrogen (secondary N) is 2. The van der Waals surface area contributed by atoms with Crippen LogP contribution in [0.25, 0.3) is 0 Å². The number of rotatable bonds is 6. The molecule has 0 bridgehead atoms. The maximum atomic E-state index is 11.6. The summed E-state index contributed by atoms with van der Waals surface area (Å²) < 4.78 is 23.2. The van der Waals surface area contributed by atoms with Crippen LogP contribution >= 0.6 is 0 Å². The molecule has 5 heteroatoms. The predicted octanol–water partition coefficient (Wildman–Crippen LogP) is 0.367. The SMILES string of the molecule is O=C(NCCNCC(F)F)C1CC1. The summed E-state index contributed by atoms with van der Waals surface area (Å²) in [5.74, 6) is 0.244. The van der Waals surface area contributed by atoms with Gasteiger partial charge in [-0.2, -0.15) is 0 Å². The van der Waals surface area contributed by atoms with Gasteiger partial charge in [-0.1, -0.05) is 0 Å². The average molecular weight is 192 g/mol. The van der Waals surface area contributed by atoms with Crippen molar-refractivity contribution in [2.24, 2.45) is 5.92 Å². The Hall–Kier alpha value is -0.710. The Balaban J connectivity index is 1.86. The first-order valence-electron chi connectivity index (χ1n) is 4.46. The molecule has 1 amide bonds. The van der Waals surface area contributed by atoms with E-state index in [2.05, 4.69) is 10.6 Å². The van der Waals surface area contributed by atoms with Crippen molar-refractivity contribution < 1.29 is 13.6 Å². The first kappa shape index (κ1) is 10.4. The molecule has 0 heterocycles. The Kier molecular flexibility index (Phi) is 4.08. The van der Waals surface area contributed by atoms with Crippen LogP contribution in [-0.2, 0) is 4.79 Å². The minimum absolute atomic E-state index is 0.0545. The molecule has 0 unspecified atom stereocenters. The zero-order valence-electron chi connectivity index (χ0n) is 7.35. The Morgan fingerprint density at radius 3 is 2.62 bits per heavy atom. The van der Waals surface area contributed by atoms with E-state index >= 15 is 0 Å². The summed E-state index contributed by atoms with van der Waals surface area (Å²) in [5.41, 5.74) is 0. The van der Waals surface area contributed by atoms with Crippen molar-refractivity contribution in [2.75, 3.05) is 19.6 Å². The number of amides is 1.